The zero-order valence-electron chi connectivity index (χ0n) is 11.7. The number of aliphatic hydroxyl groups excluding tert-OH is 1. The van der Waals surface area contributed by atoms with Gasteiger partial charge in [-0.2, -0.15) is 0 Å². The third-order valence-corrected chi connectivity index (χ3v) is 3.12. The van der Waals surface area contributed by atoms with Crippen molar-refractivity contribution >= 4 is 5.69 Å². The predicted molar refractivity (Wildman–Crippen MR) is 74.3 cm³/mol. The lowest BCUT2D eigenvalue weighted by Crippen LogP contribution is -2.32. The first kappa shape index (κ1) is 15.0. The van der Waals surface area contributed by atoms with E-state index in [-0.39, 0.29) is 18.5 Å². The van der Waals surface area contributed by atoms with E-state index in [0.29, 0.717) is 11.8 Å². The topological polar surface area (TPSA) is 32.3 Å². The van der Waals surface area contributed by atoms with Crippen molar-refractivity contribution in [2.45, 2.75) is 40.2 Å². The second kappa shape index (κ2) is 6.74. The number of anilines is 1. The minimum atomic E-state index is -0.245. The maximum absolute atomic E-state index is 13.3. The van der Waals surface area contributed by atoms with Crippen LogP contribution in [0.2, 0.25) is 0 Å². The van der Waals surface area contributed by atoms with Crippen molar-refractivity contribution in [2.75, 3.05) is 11.9 Å². The zero-order valence-corrected chi connectivity index (χ0v) is 11.7. The molecule has 0 amide bonds. The first-order valence-corrected chi connectivity index (χ1v) is 6.57. The van der Waals surface area contributed by atoms with Gasteiger partial charge < -0.3 is 10.4 Å². The highest BCUT2D eigenvalue weighted by molar-refractivity contribution is 5.46. The summed E-state index contributed by atoms with van der Waals surface area (Å²) < 4.78 is 13.3. The molecule has 2 N–H and O–H groups in total. The molecular formula is C15H24FNO. The van der Waals surface area contributed by atoms with Gasteiger partial charge in [-0.05, 0) is 48.9 Å². The lowest BCUT2D eigenvalue weighted by atomic mass is 9.92. The van der Waals surface area contributed by atoms with E-state index in [1.54, 1.807) is 0 Å². The fraction of sp³-hybridized carbons (Fsp3) is 0.600. The first-order chi connectivity index (χ1) is 8.42. The van der Waals surface area contributed by atoms with E-state index >= 15 is 0 Å². The summed E-state index contributed by atoms with van der Waals surface area (Å²) >= 11 is 0. The maximum atomic E-state index is 13.3. The molecule has 0 spiro atoms. The summed E-state index contributed by atoms with van der Waals surface area (Å²) in [7, 11) is 0. The maximum Gasteiger partial charge on any atom is 0.125 e. The quantitative estimate of drug-likeness (QED) is 0.812. The van der Waals surface area contributed by atoms with Crippen LogP contribution in [0.5, 0.6) is 0 Å². The van der Waals surface area contributed by atoms with Crippen molar-refractivity contribution < 1.29 is 9.50 Å². The van der Waals surface area contributed by atoms with Gasteiger partial charge in [-0.1, -0.05) is 20.8 Å². The van der Waals surface area contributed by atoms with Gasteiger partial charge in [0.25, 0.3) is 0 Å². The highest BCUT2D eigenvalue weighted by Gasteiger charge is 2.17. The average molecular weight is 253 g/mol. The molecule has 2 atom stereocenters. The van der Waals surface area contributed by atoms with Gasteiger partial charge in [0.15, 0.2) is 0 Å². The Morgan fingerprint density at radius 2 is 1.89 bits per heavy atom. The van der Waals surface area contributed by atoms with Crippen LogP contribution in [0.3, 0.4) is 0 Å². The Labute approximate surface area is 109 Å². The van der Waals surface area contributed by atoms with Crippen LogP contribution in [0.4, 0.5) is 10.1 Å². The molecule has 1 aromatic rings. The van der Waals surface area contributed by atoms with Crippen molar-refractivity contribution in [3.8, 4) is 0 Å². The van der Waals surface area contributed by atoms with E-state index in [1.165, 1.54) is 12.1 Å². The van der Waals surface area contributed by atoms with E-state index in [1.807, 2.05) is 13.0 Å². The van der Waals surface area contributed by atoms with Gasteiger partial charge in [0.05, 0.1) is 12.6 Å². The summed E-state index contributed by atoms with van der Waals surface area (Å²) in [5.41, 5.74) is 1.62. The molecule has 1 aromatic carbocycles. The third-order valence-electron chi connectivity index (χ3n) is 3.12. The summed E-state index contributed by atoms with van der Waals surface area (Å²) in [6.07, 6.45) is 1.03. The molecule has 0 saturated heterocycles. The molecular weight excluding hydrogens is 229 g/mol. The molecule has 18 heavy (non-hydrogen) atoms. The molecule has 0 aromatic heterocycles. The Balaban J connectivity index is 2.72. The standard InChI is InChI=1S/C15H24FNO/c1-10(2)5-12(4)15(9-18)17-14-7-11(3)6-13(16)8-14/h6-8,10,12,15,17-18H,5,9H2,1-4H3. The lowest BCUT2D eigenvalue weighted by Gasteiger charge is -2.25. The monoisotopic (exact) mass is 253 g/mol. The summed E-state index contributed by atoms with van der Waals surface area (Å²) in [5, 5.41) is 12.7. The van der Waals surface area contributed by atoms with Crippen molar-refractivity contribution in [2.24, 2.45) is 11.8 Å². The number of hydrogen-bond donors (Lipinski definition) is 2. The van der Waals surface area contributed by atoms with Crippen LogP contribution in [0.25, 0.3) is 0 Å². The van der Waals surface area contributed by atoms with Gasteiger partial charge in [-0.3, -0.25) is 0 Å². The molecule has 0 bridgehead atoms. The highest BCUT2D eigenvalue weighted by Crippen LogP contribution is 2.20. The molecule has 2 nitrogen and oxygen atoms in total. The molecule has 1 rings (SSSR count). The zero-order chi connectivity index (χ0) is 13.7. The second-order valence-electron chi connectivity index (χ2n) is 5.56. The Bertz CT molecular complexity index is 359. The fourth-order valence-electron chi connectivity index (χ4n) is 2.31. The van der Waals surface area contributed by atoms with E-state index in [9.17, 15) is 9.50 Å². The van der Waals surface area contributed by atoms with Crippen LogP contribution in [0.15, 0.2) is 18.2 Å². The van der Waals surface area contributed by atoms with Gasteiger partial charge in [0, 0.05) is 5.69 Å². The number of nitrogens with one attached hydrogen (secondary N) is 1. The molecule has 2 unspecified atom stereocenters. The van der Waals surface area contributed by atoms with E-state index < -0.39 is 0 Å². The van der Waals surface area contributed by atoms with Crippen molar-refractivity contribution in [3.05, 3.63) is 29.6 Å². The van der Waals surface area contributed by atoms with Gasteiger partial charge >= 0.3 is 0 Å². The molecule has 102 valence electrons. The molecule has 3 heteroatoms. The summed E-state index contributed by atoms with van der Waals surface area (Å²) in [6, 6.07) is 4.83. The largest absolute Gasteiger partial charge is 0.394 e. The third kappa shape index (κ3) is 4.65. The molecule has 0 radical (unpaired) electrons. The van der Waals surface area contributed by atoms with E-state index in [2.05, 4.69) is 26.1 Å². The Hall–Kier alpha value is -1.09. The summed E-state index contributed by atoms with van der Waals surface area (Å²) in [4.78, 5) is 0. The summed E-state index contributed by atoms with van der Waals surface area (Å²) in [5.74, 6) is 0.689. The van der Waals surface area contributed by atoms with Crippen LogP contribution in [-0.2, 0) is 0 Å². The highest BCUT2D eigenvalue weighted by atomic mass is 19.1. The second-order valence-corrected chi connectivity index (χ2v) is 5.56. The van der Waals surface area contributed by atoms with Gasteiger partial charge in [0.1, 0.15) is 5.82 Å². The summed E-state index contributed by atoms with van der Waals surface area (Å²) in [6.45, 7) is 8.36. The molecule has 0 aliphatic carbocycles. The van der Waals surface area contributed by atoms with Gasteiger partial charge in [0.2, 0.25) is 0 Å². The fourth-order valence-corrected chi connectivity index (χ4v) is 2.31. The van der Waals surface area contributed by atoms with Gasteiger partial charge in [-0.25, -0.2) is 4.39 Å². The van der Waals surface area contributed by atoms with Crippen molar-refractivity contribution in [1.29, 1.82) is 0 Å². The average Bonchev–Trinajstić information content (AvgIpc) is 2.23. The van der Waals surface area contributed by atoms with Crippen LogP contribution in [0.1, 0.15) is 32.8 Å². The Morgan fingerprint density at radius 3 is 2.39 bits per heavy atom. The molecule has 0 aliphatic heterocycles. The minimum absolute atomic E-state index is 0.0337. The number of aryl methyl sites for hydroxylation is 1. The molecule has 0 heterocycles. The minimum Gasteiger partial charge on any atom is -0.394 e. The molecule has 0 aliphatic rings. The van der Waals surface area contributed by atoms with Crippen LogP contribution >= 0.6 is 0 Å². The van der Waals surface area contributed by atoms with Crippen molar-refractivity contribution in [3.63, 3.8) is 0 Å². The van der Waals surface area contributed by atoms with E-state index in [4.69, 9.17) is 0 Å². The number of halogens is 1. The lowest BCUT2D eigenvalue weighted by molar-refractivity contribution is 0.231. The van der Waals surface area contributed by atoms with Crippen LogP contribution < -0.4 is 5.32 Å². The Kier molecular flexibility index (Phi) is 5.60. The van der Waals surface area contributed by atoms with Crippen molar-refractivity contribution in [1.82, 2.24) is 0 Å². The van der Waals surface area contributed by atoms with Crippen LogP contribution in [-0.4, -0.2) is 17.8 Å². The predicted octanol–water partition coefficient (Wildman–Crippen LogP) is 3.59. The SMILES string of the molecule is Cc1cc(F)cc(NC(CO)C(C)CC(C)C)c1. The number of hydrogen-bond acceptors (Lipinski definition) is 2. The smallest absolute Gasteiger partial charge is 0.125 e. The first-order valence-electron chi connectivity index (χ1n) is 6.57. The Morgan fingerprint density at radius 1 is 1.22 bits per heavy atom. The number of aliphatic hydroxyl groups is 1. The normalized spacial score (nSPS) is 14.6. The number of benzene rings is 1. The van der Waals surface area contributed by atoms with Gasteiger partial charge in [-0.15, -0.1) is 0 Å². The van der Waals surface area contributed by atoms with E-state index in [0.717, 1.165) is 17.7 Å². The molecule has 0 saturated carbocycles. The van der Waals surface area contributed by atoms with Crippen LogP contribution in [0, 0.1) is 24.6 Å². The molecule has 0 fully saturated rings. The number of rotatable bonds is 6.